The molecule has 0 radical (unpaired) electrons. The predicted molar refractivity (Wildman–Crippen MR) is 167 cm³/mol. The lowest BCUT2D eigenvalue weighted by Crippen LogP contribution is -2.53. The molecule has 2 heterocycles. The Hall–Kier alpha value is -3.71. The zero-order valence-electron chi connectivity index (χ0n) is 26.0. The molecule has 0 saturated heterocycles. The fraction of sp³-hybridized carbons (Fsp3) is 0.485. The number of alkyl halides is 3. The first-order chi connectivity index (χ1) is 21.8. The van der Waals surface area contributed by atoms with E-state index in [1.165, 1.54) is 24.3 Å². The molecule has 13 heteroatoms. The number of amides is 1. The number of fused-ring (bicyclic) bond motifs is 4. The first kappa shape index (κ1) is 32.2. The maximum Gasteiger partial charge on any atom is 0.394 e. The van der Waals surface area contributed by atoms with Gasteiger partial charge in [-0.15, -0.1) is 0 Å². The molecule has 2 aliphatic carbocycles. The lowest BCUT2D eigenvalue weighted by Gasteiger charge is -2.42. The molecule has 4 bridgehead atoms. The van der Waals surface area contributed by atoms with E-state index in [2.05, 4.69) is 20.0 Å². The van der Waals surface area contributed by atoms with Crippen LogP contribution in [-0.2, 0) is 10.0 Å². The summed E-state index contributed by atoms with van der Waals surface area (Å²) in [5.74, 6) is -0.784. The summed E-state index contributed by atoms with van der Waals surface area (Å²) >= 11 is 0. The molecule has 3 aliphatic rings. The van der Waals surface area contributed by atoms with Crippen molar-refractivity contribution in [3.05, 3.63) is 65.2 Å². The Morgan fingerprint density at radius 2 is 1.70 bits per heavy atom. The largest absolute Gasteiger partial charge is 0.475 e. The number of sulfonamides is 1. The molecule has 1 aliphatic heterocycles. The van der Waals surface area contributed by atoms with Crippen LogP contribution in [0, 0.1) is 19.3 Å². The first-order valence-electron chi connectivity index (χ1n) is 15.6. The third-order valence-corrected chi connectivity index (χ3v) is 11.0. The Morgan fingerprint density at radius 1 is 1.02 bits per heavy atom. The minimum atomic E-state index is -4.44. The number of rotatable bonds is 5. The van der Waals surface area contributed by atoms with Crippen LogP contribution >= 0.6 is 0 Å². The van der Waals surface area contributed by atoms with Crippen molar-refractivity contribution in [2.45, 2.75) is 88.0 Å². The second-order valence-corrected chi connectivity index (χ2v) is 14.5. The zero-order valence-corrected chi connectivity index (χ0v) is 26.8. The highest BCUT2D eigenvalue weighted by Crippen LogP contribution is 2.61. The maximum absolute atomic E-state index is 14.4. The molecule has 0 spiro atoms. The number of anilines is 1. The van der Waals surface area contributed by atoms with E-state index < -0.39 is 33.6 Å². The van der Waals surface area contributed by atoms with Gasteiger partial charge in [0.1, 0.15) is 6.61 Å². The summed E-state index contributed by atoms with van der Waals surface area (Å²) in [6.45, 7) is 3.54. The van der Waals surface area contributed by atoms with Crippen molar-refractivity contribution in [3.8, 4) is 17.1 Å². The topological polar surface area (TPSA) is 114 Å². The SMILES string of the molecule is CN[C@H]1CC[C@@H](N2C(=O)c3cccc(c3)S(=O)(=O)Nc3nc(cc(-c4c(C)cccc4C)n3)OC[C@H]2CC2(C(F)(F)F)CC2)CC1. The van der Waals surface area contributed by atoms with Crippen molar-refractivity contribution >= 4 is 21.9 Å². The van der Waals surface area contributed by atoms with Crippen LogP contribution in [0.2, 0.25) is 0 Å². The number of carbonyl (C=O) groups is 1. The molecule has 46 heavy (non-hydrogen) atoms. The smallest absolute Gasteiger partial charge is 0.394 e. The van der Waals surface area contributed by atoms with Crippen molar-refractivity contribution in [3.63, 3.8) is 0 Å². The van der Waals surface area contributed by atoms with Crippen molar-refractivity contribution in [2.24, 2.45) is 5.41 Å². The van der Waals surface area contributed by atoms with Gasteiger partial charge < -0.3 is 15.0 Å². The summed E-state index contributed by atoms with van der Waals surface area (Å²) in [6, 6.07) is 11.8. The van der Waals surface area contributed by atoms with Crippen molar-refractivity contribution < 1.29 is 31.1 Å². The van der Waals surface area contributed by atoms with Crippen LogP contribution in [0.5, 0.6) is 5.88 Å². The number of aromatic nitrogens is 2. The number of hydrogen-bond acceptors (Lipinski definition) is 7. The number of hydrogen-bond donors (Lipinski definition) is 2. The van der Waals surface area contributed by atoms with Gasteiger partial charge in [0.2, 0.25) is 11.8 Å². The number of benzene rings is 2. The average molecular weight is 658 g/mol. The average Bonchev–Trinajstić information content (AvgIpc) is 3.81. The number of nitrogens with zero attached hydrogens (tertiary/aromatic N) is 3. The van der Waals surface area contributed by atoms with Crippen molar-refractivity contribution in [2.75, 3.05) is 18.4 Å². The summed E-state index contributed by atoms with van der Waals surface area (Å²) in [4.78, 5) is 24.6. The fourth-order valence-electron chi connectivity index (χ4n) is 6.91. The van der Waals surface area contributed by atoms with Crippen LogP contribution in [0.25, 0.3) is 11.3 Å². The number of halogens is 3. The Bertz CT molecular complexity index is 1720. The Labute approximate surface area is 267 Å². The predicted octanol–water partition coefficient (Wildman–Crippen LogP) is 6.03. The van der Waals surface area contributed by atoms with Gasteiger partial charge in [-0.3, -0.25) is 4.79 Å². The second-order valence-electron chi connectivity index (χ2n) is 12.8. The number of nitrogens with one attached hydrogen (secondary N) is 2. The molecule has 1 atom stereocenters. The third-order valence-electron chi connectivity index (χ3n) is 9.69. The van der Waals surface area contributed by atoms with E-state index in [0.29, 0.717) is 18.5 Å². The molecule has 6 rings (SSSR count). The van der Waals surface area contributed by atoms with Gasteiger partial charge in [0.15, 0.2) is 0 Å². The van der Waals surface area contributed by atoms with Gasteiger partial charge in [-0.1, -0.05) is 24.3 Å². The normalized spacial score (nSPS) is 24.1. The van der Waals surface area contributed by atoms with Gasteiger partial charge in [-0.25, -0.2) is 18.1 Å². The van der Waals surface area contributed by atoms with E-state index in [0.717, 1.165) is 29.5 Å². The van der Waals surface area contributed by atoms with Gasteiger partial charge >= 0.3 is 6.18 Å². The minimum Gasteiger partial charge on any atom is -0.475 e. The zero-order chi connectivity index (χ0) is 32.9. The van der Waals surface area contributed by atoms with E-state index in [1.807, 2.05) is 39.1 Å². The molecule has 3 aromatic rings. The van der Waals surface area contributed by atoms with Gasteiger partial charge in [-0.2, -0.15) is 18.2 Å². The first-order valence-corrected chi connectivity index (χ1v) is 17.1. The standard InChI is InChI=1S/C33H38F3N5O4S/c1-20-6-4-7-21(2)29(20)27-17-28-39-31(38-27)40-46(43,44)26-9-5-8-22(16-26)30(42)41(24-12-10-23(37-3)11-13-24)25(19-45-28)18-32(14-15-32)33(34,35)36/h4-9,16-17,23-25,37H,10-15,18-19H2,1-3H3,(H,38,39,40)/t23-,24+,25-/m1/s1. The monoisotopic (exact) mass is 657 g/mol. The summed E-state index contributed by atoms with van der Waals surface area (Å²) in [7, 11) is -2.39. The number of aryl methyl sites for hydroxylation is 2. The Balaban J connectivity index is 1.50. The number of carbonyl (C=O) groups excluding carboxylic acids is 1. The van der Waals surface area contributed by atoms with Crippen LogP contribution in [0.15, 0.2) is 53.4 Å². The molecule has 1 amide bonds. The van der Waals surface area contributed by atoms with Crippen LogP contribution in [-0.4, -0.2) is 67.1 Å². The van der Waals surface area contributed by atoms with Crippen LogP contribution in [0.1, 0.15) is 66.4 Å². The van der Waals surface area contributed by atoms with Crippen molar-refractivity contribution in [1.82, 2.24) is 20.2 Å². The maximum atomic E-state index is 14.4. The van der Waals surface area contributed by atoms with Crippen LogP contribution in [0.3, 0.4) is 0 Å². The summed E-state index contributed by atoms with van der Waals surface area (Å²) < 4.78 is 79.0. The van der Waals surface area contributed by atoms with Gasteiger partial charge in [0.05, 0.1) is 22.0 Å². The van der Waals surface area contributed by atoms with Crippen LogP contribution < -0.4 is 14.8 Å². The molecule has 246 valence electrons. The summed E-state index contributed by atoms with van der Waals surface area (Å²) in [5.41, 5.74) is 1.08. The molecule has 2 aromatic carbocycles. The molecular weight excluding hydrogens is 619 g/mol. The Morgan fingerprint density at radius 3 is 2.33 bits per heavy atom. The molecule has 0 unspecified atom stereocenters. The third kappa shape index (κ3) is 6.31. The lowest BCUT2D eigenvalue weighted by molar-refractivity contribution is -0.193. The van der Waals surface area contributed by atoms with Crippen molar-refractivity contribution in [1.29, 1.82) is 0 Å². The molecule has 1 aromatic heterocycles. The highest BCUT2D eigenvalue weighted by molar-refractivity contribution is 7.92. The van der Waals surface area contributed by atoms with Gasteiger partial charge in [-0.05, 0) is 95.2 Å². The van der Waals surface area contributed by atoms with Gasteiger partial charge in [0.25, 0.3) is 15.9 Å². The highest BCUT2D eigenvalue weighted by atomic mass is 32.2. The quantitative estimate of drug-likeness (QED) is 0.345. The fourth-order valence-corrected chi connectivity index (χ4v) is 7.90. The van der Waals surface area contributed by atoms with E-state index in [1.54, 1.807) is 11.0 Å². The molecule has 2 N–H and O–H groups in total. The second kappa shape index (κ2) is 12.1. The Kier molecular flexibility index (Phi) is 8.51. The summed E-state index contributed by atoms with van der Waals surface area (Å²) in [6.07, 6.45) is -2.15. The van der Waals surface area contributed by atoms with Crippen LogP contribution in [0.4, 0.5) is 19.1 Å². The highest BCUT2D eigenvalue weighted by Gasteiger charge is 2.64. The van der Waals surface area contributed by atoms with E-state index >= 15 is 0 Å². The molecular formula is C33H38F3N5O4S. The molecule has 2 saturated carbocycles. The molecule has 2 fully saturated rings. The van der Waals surface area contributed by atoms with E-state index in [9.17, 15) is 26.4 Å². The van der Waals surface area contributed by atoms with E-state index in [4.69, 9.17) is 4.74 Å². The molecule has 9 nitrogen and oxygen atoms in total. The van der Waals surface area contributed by atoms with E-state index in [-0.39, 0.29) is 60.2 Å². The van der Waals surface area contributed by atoms with Gasteiger partial charge in [0, 0.05) is 29.3 Å². The lowest BCUT2D eigenvalue weighted by atomic mass is 9.87. The number of ether oxygens (including phenoxy) is 1. The minimum absolute atomic E-state index is 0.00976. The summed E-state index contributed by atoms with van der Waals surface area (Å²) in [5, 5.41) is 3.26.